The molecule has 0 saturated carbocycles. The molecule has 1 atom stereocenters. The van der Waals surface area contributed by atoms with Crippen LogP contribution in [0.3, 0.4) is 0 Å². The van der Waals surface area contributed by atoms with Gasteiger partial charge in [0.2, 0.25) is 0 Å². The second-order valence-corrected chi connectivity index (χ2v) is 2.99. The van der Waals surface area contributed by atoms with Crippen LogP contribution >= 0.6 is 0 Å². The van der Waals surface area contributed by atoms with E-state index in [4.69, 9.17) is 10.3 Å². The molecule has 1 aliphatic rings. The number of hydrogen-bond donors (Lipinski definition) is 2. The number of rotatable bonds is 3. The van der Waals surface area contributed by atoms with Gasteiger partial charge in [0.05, 0.1) is 12.5 Å². The molecule has 80 valence electrons. The molecule has 1 heterocycles. The molecule has 0 aromatic carbocycles. The Kier molecular flexibility index (Phi) is 6.70. The van der Waals surface area contributed by atoms with Gasteiger partial charge >= 0.3 is 5.97 Å². The van der Waals surface area contributed by atoms with Crippen molar-refractivity contribution in [1.82, 2.24) is 5.06 Å². The molecule has 0 aromatic heterocycles. The standard InChI is InChI=1S/C6H11NO.C4H6O2/c1-2-6-4-3-5-7(6)8;1-2-3-4(5)6/h2,6,8H,1,3-5H2;2H,1,3H2,(H,5,6). The van der Waals surface area contributed by atoms with E-state index in [0.29, 0.717) is 0 Å². The van der Waals surface area contributed by atoms with Crippen molar-refractivity contribution in [2.45, 2.75) is 25.3 Å². The van der Waals surface area contributed by atoms with Crippen molar-refractivity contribution in [1.29, 1.82) is 0 Å². The number of hydroxylamine groups is 2. The molecule has 4 nitrogen and oxygen atoms in total. The van der Waals surface area contributed by atoms with Crippen LogP contribution in [-0.4, -0.2) is 33.9 Å². The maximum Gasteiger partial charge on any atom is 0.307 e. The first-order valence-corrected chi connectivity index (χ1v) is 4.52. The summed E-state index contributed by atoms with van der Waals surface area (Å²) >= 11 is 0. The second-order valence-electron chi connectivity index (χ2n) is 2.99. The molecule has 1 aliphatic heterocycles. The van der Waals surface area contributed by atoms with Crippen molar-refractivity contribution < 1.29 is 15.1 Å². The molecule has 1 saturated heterocycles. The zero-order valence-corrected chi connectivity index (χ0v) is 8.22. The third kappa shape index (κ3) is 5.50. The summed E-state index contributed by atoms with van der Waals surface area (Å²) in [7, 11) is 0. The predicted molar refractivity (Wildman–Crippen MR) is 54.2 cm³/mol. The highest BCUT2D eigenvalue weighted by atomic mass is 16.5. The number of carbonyl (C=O) groups is 1. The smallest absolute Gasteiger partial charge is 0.307 e. The van der Waals surface area contributed by atoms with E-state index in [1.165, 1.54) is 11.1 Å². The number of aliphatic carboxylic acids is 1. The number of nitrogens with zero attached hydrogens (tertiary/aromatic N) is 1. The van der Waals surface area contributed by atoms with Gasteiger partial charge in [-0.3, -0.25) is 4.79 Å². The topological polar surface area (TPSA) is 60.8 Å². The van der Waals surface area contributed by atoms with E-state index >= 15 is 0 Å². The van der Waals surface area contributed by atoms with E-state index in [1.54, 1.807) is 6.08 Å². The van der Waals surface area contributed by atoms with Gasteiger partial charge in [-0.25, -0.2) is 0 Å². The van der Waals surface area contributed by atoms with Crippen LogP contribution in [0, 0.1) is 0 Å². The average Bonchev–Trinajstić information content (AvgIpc) is 2.51. The molecule has 0 bridgehead atoms. The molecular formula is C10H17NO3. The van der Waals surface area contributed by atoms with Gasteiger partial charge in [0, 0.05) is 6.54 Å². The molecule has 1 unspecified atom stereocenters. The minimum absolute atomic E-state index is 0.0556. The largest absolute Gasteiger partial charge is 0.481 e. The van der Waals surface area contributed by atoms with Crippen molar-refractivity contribution >= 4 is 5.97 Å². The summed E-state index contributed by atoms with van der Waals surface area (Å²) in [5, 5.41) is 18.1. The Morgan fingerprint density at radius 2 is 2.21 bits per heavy atom. The lowest BCUT2D eigenvalue weighted by atomic mass is 10.2. The minimum Gasteiger partial charge on any atom is -0.481 e. The normalized spacial score (nSPS) is 20.8. The van der Waals surface area contributed by atoms with Gasteiger partial charge in [0.25, 0.3) is 0 Å². The quantitative estimate of drug-likeness (QED) is 0.679. The average molecular weight is 199 g/mol. The summed E-state index contributed by atoms with van der Waals surface area (Å²) < 4.78 is 0. The van der Waals surface area contributed by atoms with Gasteiger partial charge < -0.3 is 10.3 Å². The van der Waals surface area contributed by atoms with E-state index in [2.05, 4.69) is 13.2 Å². The van der Waals surface area contributed by atoms with E-state index in [0.717, 1.165) is 19.4 Å². The lowest BCUT2D eigenvalue weighted by Crippen LogP contribution is -2.22. The Morgan fingerprint density at radius 3 is 2.36 bits per heavy atom. The molecule has 2 N–H and O–H groups in total. The molecule has 4 heteroatoms. The highest BCUT2D eigenvalue weighted by molar-refractivity contribution is 5.68. The molecule has 1 fully saturated rings. The van der Waals surface area contributed by atoms with Crippen LogP contribution in [0.1, 0.15) is 19.3 Å². The van der Waals surface area contributed by atoms with Crippen molar-refractivity contribution in [2.75, 3.05) is 6.54 Å². The number of carboxylic acids is 1. The van der Waals surface area contributed by atoms with Crippen LogP contribution in [0.5, 0.6) is 0 Å². The molecular weight excluding hydrogens is 182 g/mol. The fourth-order valence-corrected chi connectivity index (χ4v) is 1.14. The zero-order chi connectivity index (χ0) is 11.0. The fourth-order valence-electron chi connectivity index (χ4n) is 1.14. The second kappa shape index (κ2) is 7.29. The summed E-state index contributed by atoms with van der Waals surface area (Å²) in [5.41, 5.74) is 0. The van der Waals surface area contributed by atoms with E-state index in [1.807, 2.05) is 0 Å². The Hall–Kier alpha value is -1.13. The minimum atomic E-state index is -0.829. The highest BCUT2D eigenvalue weighted by Gasteiger charge is 2.18. The van der Waals surface area contributed by atoms with Gasteiger partial charge in [-0.1, -0.05) is 12.2 Å². The maximum absolute atomic E-state index is 9.53. The lowest BCUT2D eigenvalue weighted by molar-refractivity contribution is -0.135. The monoisotopic (exact) mass is 199 g/mol. The van der Waals surface area contributed by atoms with E-state index in [9.17, 15) is 4.79 Å². The molecule has 14 heavy (non-hydrogen) atoms. The maximum atomic E-state index is 9.53. The summed E-state index contributed by atoms with van der Waals surface area (Å²) in [6.45, 7) is 7.61. The Morgan fingerprint density at radius 1 is 1.57 bits per heavy atom. The van der Waals surface area contributed by atoms with Gasteiger partial charge in [0.15, 0.2) is 0 Å². The van der Waals surface area contributed by atoms with Crippen molar-refractivity contribution in [3.05, 3.63) is 25.3 Å². The highest BCUT2D eigenvalue weighted by Crippen LogP contribution is 2.13. The molecule has 0 radical (unpaired) electrons. The number of hydrogen-bond acceptors (Lipinski definition) is 3. The Balaban J connectivity index is 0.000000255. The summed E-state index contributed by atoms with van der Waals surface area (Å²) in [5.74, 6) is -0.829. The third-order valence-electron chi connectivity index (χ3n) is 1.86. The van der Waals surface area contributed by atoms with Gasteiger partial charge in [-0.05, 0) is 12.8 Å². The van der Waals surface area contributed by atoms with Crippen molar-refractivity contribution in [3.63, 3.8) is 0 Å². The first-order chi connectivity index (χ1) is 6.61. The van der Waals surface area contributed by atoms with Crippen LogP contribution in [0.4, 0.5) is 0 Å². The molecule has 0 aliphatic carbocycles. The van der Waals surface area contributed by atoms with Crippen LogP contribution < -0.4 is 0 Å². The van der Waals surface area contributed by atoms with E-state index in [-0.39, 0.29) is 12.5 Å². The summed E-state index contributed by atoms with van der Waals surface area (Å²) in [6.07, 6.45) is 5.34. The van der Waals surface area contributed by atoms with Crippen LogP contribution in [0.2, 0.25) is 0 Å². The molecule has 0 spiro atoms. The van der Waals surface area contributed by atoms with Crippen LogP contribution in [-0.2, 0) is 4.79 Å². The van der Waals surface area contributed by atoms with Crippen LogP contribution in [0.15, 0.2) is 25.3 Å². The lowest BCUT2D eigenvalue weighted by Gasteiger charge is -2.11. The van der Waals surface area contributed by atoms with E-state index < -0.39 is 5.97 Å². The van der Waals surface area contributed by atoms with Gasteiger partial charge in [0.1, 0.15) is 0 Å². The van der Waals surface area contributed by atoms with Crippen molar-refractivity contribution in [3.8, 4) is 0 Å². The SMILES string of the molecule is C=CC1CCCN1O.C=CCC(=O)O. The Labute approximate surface area is 84.1 Å². The third-order valence-corrected chi connectivity index (χ3v) is 1.86. The Bertz CT molecular complexity index is 204. The van der Waals surface area contributed by atoms with Crippen LogP contribution in [0.25, 0.3) is 0 Å². The van der Waals surface area contributed by atoms with Crippen molar-refractivity contribution in [2.24, 2.45) is 0 Å². The first kappa shape index (κ1) is 12.9. The molecule has 1 rings (SSSR count). The summed E-state index contributed by atoms with van der Waals surface area (Å²) in [4.78, 5) is 9.53. The van der Waals surface area contributed by atoms with Gasteiger partial charge in [-0.15, -0.1) is 13.2 Å². The van der Waals surface area contributed by atoms with Gasteiger partial charge in [-0.2, -0.15) is 5.06 Å². The molecule has 0 aromatic rings. The number of carboxylic acid groups (broad SMARTS) is 1. The zero-order valence-electron chi connectivity index (χ0n) is 8.22. The molecule has 0 amide bonds. The first-order valence-electron chi connectivity index (χ1n) is 4.52. The fraction of sp³-hybridized carbons (Fsp3) is 0.500. The predicted octanol–water partition coefficient (Wildman–Crippen LogP) is 1.67. The summed E-state index contributed by atoms with van der Waals surface area (Å²) in [6, 6.07) is 0.218.